The lowest BCUT2D eigenvalue weighted by Gasteiger charge is -2.37. The van der Waals surface area contributed by atoms with Gasteiger partial charge in [-0.25, -0.2) is 14.4 Å². The molecule has 0 radical (unpaired) electrons. The monoisotopic (exact) mass is 454 g/mol. The number of carbonyl (C=O) groups excluding carboxylic acids is 1. The third-order valence-corrected chi connectivity index (χ3v) is 5.54. The number of methoxy groups -OCH3 is 1. The third kappa shape index (κ3) is 4.44. The molecule has 1 fully saturated rings. The van der Waals surface area contributed by atoms with Crippen LogP contribution in [0.3, 0.4) is 0 Å². The zero-order valence-corrected chi connectivity index (χ0v) is 18.8. The summed E-state index contributed by atoms with van der Waals surface area (Å²) in [7, 11) is 1.57. The zero-order valence-electron chi connectivity index (χ0n) is 18.8. The largest absolute Gasteiger partial charge is 0.495 e. The lowest BCUT2D eigenvalue weighted by molar-refractivity contribution is -0.141. The van der Waals surface area contributed by atoms with Gasteiger partial charge in [-0.3, -0.25) is 4.79 Å². The number of aryl methyl sites for hydroxylation is 1. The number of halogens is 2. The predicted octanol–water partition coefficient (Wildman–Crippen LogP) is 4.21. The highest BCUT2D eigenvalue weighted by Crippen LogP contribution is 2.31. The summed E-state index contributed by atoms with van der Waals surface area (Å²) in [6.45, 7) is 5.60. The molecule has 172 valence electrons. The number of carbonyl (C=O) groups is 1. The van der Waals surface area contributed by atoms with E-state index in [0.29, 0.717) is 11.3 Å². The number of amides is 1. The molecule has 1 unspecified atom stereocenters. The second kappa shape index (κ2) is 9.01. The highest BCUT2D eigenvalue weighted by Gasteiger charge is 2.34. The molecule has 0 bridgehead atoms. The zero-order chi connectivity index (χ0) is 23.7. The smallest absolute Gasteiger partial charge is 0.289 e. The van der Waals surface area contributed by atoms with Crippen LogP contribution in [0.2, 0.25) is 0 Å². The van der Waals surface area contributed by atoms with Gasteiger partial charge in [-0.05, 0) is 50.6 Å². The van der Waals surface area contributed by atoms with Gasteiger partial charge in [0.05, 0.1) is 37.4 Å². The Morgan fingerprint density at radius 1 is 1.27 bits per heavy atom. The van der Waals surface area contributed by atoms with E-state index in [2.05, 4.69) is 9.97 Å². The maximum atomic E-state index is 14.3. The van der Waals surface area contributed by atoms with E-state index in [0.717, 1.165) is 11.4 Å². The number of imidazole rings is 1. The molecular weight excluding hydrogens is 430 g/mol. The molecule has 0 N–H and O–H groups in total. The van der Waals surface area contributed by atoms with Crippen LogP contribution in [0.1, 0.15) is 36.7 Å². The van der Waals surface area contributed by atoms with Gasteiger partial charge in [-0.2, -0.15) is 4.39 Å². The normalized spacial score (nSPS) is 18.4. The Bertz CT molecular complexity index is 1220. The van der Waals surface area contributed by atoms with Crippen LogP contribution in [-0.2, 0) is 9.53 Å². The van der Waals surface area contributed by atoms with Gasteiger partial charge in [0.15, 0.2) is 11.6 Å². The van der Waals surface area contributed by atoms with Gasteiger partial charge >= 0.3 is 0 Å². The first-order valence-corrected chi connectivity index (χ1v) is 10.5. The Morgan fingerprint density at radius 2 is 2.06 bits per heavy atom. The molecule has 1 aliphatic heterocycles. The molecule has 33 heavy (non-hydrogen) atoms. The van der Waals surface area contributed by atoms with Crippen molar-refractivity contribution in [3.63, 3.8) is 0 Å². The Hall–Kier alpha value is -3.75. The van der Waals surface area contributed by atoms with Gasteiger partial charge in [0.2, 0.25) is 5.95 Å². The van der Waals surface area contributed by atoms with Crippen LogP contribution >= 0.6 is 0 Å². The number of ether oxygens (including phenoxy) is 2. The lowest BCUT2D eigenvalue weighted by Crippen LogP contribution is -2.45. The third-order valence-electron chi connectivity index (χ3n) is 5.54. The standard InChI is InChI=1S/C24H24F2N4O3/c1-14-11-29(13-28-14)19-6-5-17(9-20(19)32-4)10-21-24(31)30(12-15(2)33-21)16(3)18-7-8-27-23(26)22(18)25/h5-11,13,15-16H,12H2,1-4H3/t15?,16-/m1/s1. The summed E-state index contributed by atoms with van der Waals surface area (Å²) in [6, 6.07) is 6.16. The Labute approximate surface area is 190 Å². The first-order chi connectivity index (χ1) is 15.8. The lowest BCUT2D eigenvalue weighted by atomic mass is 10.1. The van der Waals surface area contributed by atoms with E-state index in [4.69, 9.17) is 9.47 Å². The number of hydrogen-bond acceptors (Lipinski definition) is 5. The van der Waals surface area contributed by atoms with E-state index < -0.39 is 23.7 Å². The highest BCUT2D eigenvalue weighted by atomic mass is 19.2. The van der Waals surface area contributed by atoms with Crippen LogP contribution in [0.25, 0.3) is 11.8 Å². The van der Waals surface area contributed by atoms with Crippen molar-refractivity contribution < 1.29 is 23.0 Å². The molecule has 0 spiro atoms. The summed E-state index contributed by atoms with van der Waals surface area (Å²) in [5.74, 6) is -1.95. The molecule has 1 aliphatic rings. The fourth-order valence-electron chi connectivity index (χ4n) is 3.86. The molecule has 7 nitrogen and oxygen atoms in total. The van der Waals surface area contributed by atoms with Crippen LogP contribution in [0.5, 0.6) is 5.75 Å². The van der Waals surface area contributed by atoms with Crippen LogP contribution in [-0.4, -0.2) is 45.1 Å². The van der Waals surface area contributed by atoms with Gasteiger partial charge in [-0.15, -0.1) is 0 Å². The maximum Gasteiger partial charge on any atom is 0.289 e. The predicted molar refractivity (Wildman–Crippen MR) is 118 cm³/mol. The molecule has 3 aromatic rings. The first-order valence-electron chi connectivity index (χ1n) is 10.5. The molecule has 0 aliphatic carbocycles. The number of aromatic nitrogens is 3. The fraction of sp³-hybridized carbons (Fsp3) is 0.292. The number of pyridine rings is 1. The molecule has 0 saturated carbocycles. The van der Waals surface area contributed by atoms with Gasteiger partial charge < -0.3 is 18.9 Å². The van der Waals surface area contributed by atoms with Gasteiger partial charge in [-0.1, -0.05) is 6.07 Å². The van der Waals surface area contributed by atoms with E-state index in [1.165, 1.54) is 17.2 Å². The minimum Gasteiger partial charge on any atom is -0.495 e. The fourth-order valence-corrected chi connectivity index (χ4v) is 3.86. The topological polar surface area (TPSA) is 69.5 Å². The van der Waals surface area contributed by atoms with E-state index in [1.807, 2.05) is 36.7 Å². The number of nitrogens with zero attached hydrogens (tertiary/aromatic N) is 4. The van der Waals surface area contributed by atoms with Crippen molar-refractivity contribution in [3.05, 3.63) is 77.3 Å². The number of morpholine rings is 1. The Balaban J connectivity index is 1.65. The summed E-state index contributed by atoms with van der Waals surface area (Å²) in [5.41, 5.74) is 2.43. The number of hydrogen-bond donors (Lipinski definition) is 0. The second-order valence-electron chi connectivity index (χ2n) is 7.93. The van der Waals surface area contributed by atoms with Crippen molar-refractivity contribution in [1.29, 1.82) is 0 Å². The van der Waals surface area contributed by atoms with Crippen LogP contribution in [0.4, 0.5) is 8.78 Å². The van der Waals surface area contributed by atoms with Crippen LogP contribution < -0.4 is 4.74 Å². The molecule has 2 atom stereocenters. The van der Waals surface area contributed by atoms with E-state index in [9.17, 15) is 13.6 Å². The van der Waals surface area contributed by atoms with Crippen molar-refractivity contribution >= 4 is 12.0 Å². The van der Waals surface area contributed by atoms with Gasteiger partial charge in [0, 0.05) is 18.0 Å². The molecule has 1 aromatic carbocycles. The summed E-state index contributed by atoms with van der Waals surface area (Å²) < 4.78 is 41.1. The van der Waals surface area contributed by atoms with Crippen molar-refractivity contribution in [3.8, 4) is 11.4 Å². The van der Waals surface area contributed by atoms with E-state index in [-0.39, 0.29) is 24.0 Å². The van der Waals surface area contributed by atoms with Crippen molar-refractivity contribution in [2.75, 3.05) is 13.7 Å². The minimum absolute atomic E-state index is 0.0611. The average molecular weight is 454 g/mol. The van der Waals surface area contributed by atoms with Crippen molar-refractivity contribution in [2.45, 2.75) is 32.9 Å². The molecule has 1 saturated heterocycles. The Kier molecular flexibility index (Phi) is 6.13. The number of benzene rings is 1. The van der Waals surface area contributed by atoms with Gasteiger partial charge in [0.1, 0.15) is 11.9 Å². The molecule has 1 amide bonds. The minimum atomic E-state index is -1.19. The summed E-state index contributed by atoms with van der Waals surface area (Å²) in [5, 5.41) is 0. The summed E-state index contributed by atoms with van der Waals surface area (Å²) >= 11 is 0. The summed E-state index contributed by atoms with van der Waals surface area (Å²) in [6.07, 6.45) is 6.05. The SMILES string of the molecule is COc1cc(C=C2OC(C)CN([C@H](C)c3ccnc(F)c3F)C2=O)ccc1-n1cnc(C)c1. The molecular formula is C24H24F2N4O3. The van der Waals surface area contributed by atoms with Gasteiger partial charge in [0.25, 0.3) is 5.91 Å². The quantitative estimate of drug-likeness (QED) is 0.427. The number of rotatable bonds is 5. The molecule has 2 aromatic heterocycles. The summed E-state index contributed by atoms with van der Waals surface area (Å²) in [4.78, 5) is 22.2. The van der Waals surface area contributed by atoms with E-state index in [1.54, 1.807) is 32.5 Å². The first kappa shape index (κ1) is 22.4. The maximum absolute atomic E-state index is 14.3. The Morgan fingerprint density at radius 3 is 2.76 bits per heavy atom. The van der Waals surface area contributed by atoms with E-state index >= 15 is 0 Å². The molecule has 3 heterocycles. The van der Waals surface area contributed by atoms with Crippen LogP contribution in [0, 0.1) is 18.7 Å². The van der Waals surface area contributed by atoms with Crippen LogP contribution in [0.15, 0.2) is 48.7 Å². The molecule has 9 heteroatoms. The van der Waals surface area contributed by atoms with Crippen molar-refractivity contribution in [2.24, 2.45) is 0 Å². The highest BCUT2D eigenvalue weighted by molar-refractivity contribution is 5.96. The average Bonchev–Trinajstić information content (AvgIpc) is 3.23. The molecule has 4 rings (SSSR count). The van der Waals surface area contributed by atoms with Crippen molar-refractivity contribution in [1.82, 2.24) is 19.4 Å². The second-order valence-corrected chi connectivity index (χ2v) is 7.93.